The van der Waals surface area contributed by atoms with Crippen LogP contribution in [0, 0.1) is 0 Å². The molecule has 0 aliphatic carbocycles. The van der Waals surface area contributed by atoms with Crippen molar-refractivity contribution in [2.24, 2.45) is 5.73 Å². The van der Waals surface area contributed by atoms with E-state index in [2.05, 4.69) is 10.3 Å². The Hall–Kier alpha value is -2.37. The van der Waals surface area contributed by atoms with Crippen molar-refractivity contribution in [2.75, 3.05) is 0 Å². The van der Waals surface area contributed by atoms with E-state index in [0.717, 1.165) is 5.56 Å². The maximum Gasteiger partial charge on any atom is 0.300 e. The Bertz CT molecular complexity index is 556. The van der Waals surface area contributed by atoms with Crippen LogP contribution in [0.15, 0.2) is 35.1 Å². The number of nitrogens with one attached hydrogen (secondary N) is 1. The number of benzene rings is 1. The number of nitrogens with zero attached hydrogens (tertiary/aromatic N) is 2. The van der Waals surface area contributed by atoms with Gasteiger partial charge >= 0.3 is 0 Å². The number of amides is 1. The summed E-state index contributed by atoms with van der Waals surface area (Å²) in [5.41, 5.74) is 5.15. The van der Waals surface area contributed by atoms with Gasteiger partial charge in [0.15, 0.2) is 0 Å². The van der Waals surface area contributed by atoms with Gasteiger partial charge in [0.25, 0.3) is 11.5 Å². The van der Waals surface area contributed by atoms with Gasteiger partial charge in [-0.1, -0.05) is 30.3 Å². The minimum absolute atomic E-state index is 0.268. The third-order valence-corrected chi connectivity index (χ3v) is 2.15. The summed E-state index contributed by atoms with van der Waals surface area (Å²) in [6.45, 7) is 0.333. The number of aromatic nitrogens is 3. The molecule has 6 nitrogen and oxygen atoms in total. The predicted molar refractivity (Wildman–Crippen MR) is 56.9 cm³/mol. The molecule has 0 radical (unpaired) electrons. The van der Waals surface area contributed by atoms with Gasteiger partial charge in [0, 0.05) is 0 Å². The quantitative estimate of drug-likeness (QED) is 0.741. The van der Waals surface area contributed by atoms with Crippen LogP contribution in [0.5, 0.6) is 0 Å². The van der Waals surface area contributed by atoms with Crippen molar-refractivity contribution >= 4 is 5.91 Å². The zero-order valence-corrected chi connectivity index (χ0v) is 8.38. The average Bonchev–Trinajstić information content (AvgIpc) is 2.62. The molecule has 0 bridgehead atoms. The van der Waals surface area contributed by atoms with Crippen molar-refractivity contribution in [1.82, 2.24) is 15.0 Å². The lowest BCUT2D eigenvalue weighted by Gasteiger charge is -1.99. The molecule has 1 aromatic heterocycles. The molecule has 0 spiro atoms. The molecule has 3 N–H and O–H groups in total. The van der Waals surface area contributed by atoms with Crippen molar-refractivity contribution in [2.45, 2.75) is 6.54 Å². The second-order valence-electron chi connectivity index (χ2n) is 3.30. The Morgan fingerprint density at radius 1 is 1.38 bits per heavy atom. The van der Waals surface area contributed by atoms with E-state index in [1.165, 1.54) is 4.68 Å². The molecule has 0 saturated heterocycles. The fourth-order valence-electron chi connectivity index (χ4n) is 1.37. The number of rotatable bonds is 3. The number of primary amides is 1. The van der Waals surface area contributed by atoms with Gasteiger partial charge < -0.3 is 5.73 Å². The number of nitrogens with two attached hydrogens (primary N) is 1. The van der Waals surface area contributed by atoms with Gasteiger partial charge in [-0.2, -0.15) is 0 Å². The SMILES string of the molecule is NC(=O)c1n[nH]n(Cc2ccccc2)c1=O. The fourth-order valence-corrected chi connectivity index (χ4v) is 1.37. The summed E-state index contributed by atoms with van der Waals surface area (Å²) in [4.78, 5) is 22.4. The highest BCUT2D eigenvalue weighted by molar-refractivity contribution is 5.90. The minimum atomic E-state index is -0.826. The number of aromatic amines is 1. The first-order valence-electron chi connectivity index (χ1n) is 4.67. The second kappa shape index (κ2) is 4.01. The molecule has 1 heterocycles. The summed E-state index contributed by atoms with van der Waals surface area (Å²) >= 11 is 0. The summed E-state index contributed by atoms with van der Waals surface area (Å²) in [7, 11) is 0. The normalized spacial score (nSPS) is 10.2. The molecule has 6 heteroatoms. The molecule has 16 heavy (non-hydrogen) atoms. The Kier molecular flexibility index (Phi) is 2.55. The van der Waals surface area contributed by atoms with E-state index in [9.17, 15) is 9.59 Å². The van der Waals surface area contributed by atoms with Crippen molar-refractivity contribution < 1.29 is 4.79 Å². The van der Waals surface area contributed by atoms with Crippen LogP contribution in [0.3, 0.4) is 0 Å². The molecule has 82 valence electrons. The number of carbonyl (C=O) groups excluding carboxylic acids is 1. The van der Waals surface area contributed by atoms with E-state index in [1.807, 2.05) is 30.3 Å². The molecule has 1 aromatic carbocycles. The van der Waals surface area contributed by atoms with Crippen molar-refractivity contribution in [3.05, 3.63) is 51.9 Å². The summed E-state index contributed by atoms with van der Waals surface area (Å²) < 4.78 is 1.23. The lowest BCUT2D eigenvalue weighted by atomic mass is 10.2. The van der Waals surface area contributed by atoms with Gasteiger partial charge in [0.2, 0.25) is 5.69 Å². The molecule has 0 fully saturated rings. The number of H-pyrrole nitrogens is 1. The maximum atomic E-state index is 11.6. The van der Waals surface area contributed by atoms with Gasteiger partial charge in [-0.3, -0.25) is 9.59 Å². The zero-order valence-electron chi connectivity index (χ0n) is 8.38. The van der Waals surface area contributed by atoms with E-state index in [4.69, 9.17) is 5.73 Å². The Morgan fingerprint density at radius 3 is 2.62 bits per heavy atom. The van der Waals surface area contributed by atoms with Crippen LogP contribution >= 0.6 is 0 Å². The number of carbonyl (C=O) groups is 1. The van der Waals surface area contributed by atoms with E-state index in [1.54, 1.807) is 0 Å². The van der Waals surface area contributed by atoms with Gasteiger partial charge in [0.1, 0.15) is 0 Å². The fraction of sp³-hybridized carbons (Fsp3) is 0.100. The number of hydrogen-bond donors (Lipinski definition) is 2. The van der Waals surface area contributed by atoms with Crippen LogP contribution < -0.4 is 11.3 Å². The van der Waals surface area contributed by atoms with Crippen LogP contribution in [0.25, 0.3) is 0 Å². The standard InChI is InChI=1S/C10H10N4O2/c11-9(15)8-10(16)14(13-12-8)6-7-4-2-1-3-5-7/h1-5,13H,6H2,(H2,11,15). The second-order valence-corrected chi connectivity index (χ2v) is 3.30. The number of hydrogen-bond acceptors (Lipinski definition) is 3. The molecule has 0 unspecified atom stereocenters. The van der Waals surface area contributed by atoms with Gasteiger partial charge in [0.05, 0.1) is 6.54 Å². The lowest BCUT2D eigenvalue weighted by Crippen LogP contribution is -2.25. The molecule has 2 rings (SSSR count). The zero-order chi connectivity index (χ0) is 11.5. The molecule has 0 aliphatic heterocycles. The van der Waals surface area contributed by atoms with E-state index >= 15 is 0 Å². The van der Waals surface area contributed by atoms with Gasteiger partial charge in [-0.25, -0.2) is 9.90 Å². The molecular formula is C10H10N4O2. The summed E-state index contributed by atoms with van der Waals surface area (Å²) in [5, 5.41) is 6.02. The van der Waals surface area contributed by atoms with Crippen LogP contribution in [0.2, 0.25) is 0 Å². The van der Waals surface area contributed by atoms with E-state index in [0.29, 0.717) is 6.54 Å². The van der Waals surface area contributed by atoms with Crippen molar-refractivity contribution in [3.63, 3.8) is 0 Å². The van der Waals surface area contributed by atoms with Crippen LogP contribution in [-0.4, -0.2) is 20.9 Å². The summed E-state index contributed by atoms with van der Waals surface area (Å²) in [6, 6.07) is 9.36. The molecule has 0 atom stereocenters. The monoisotopic (exact) mass is 218 g/mol. The summed E-state index contributed by atoms with van der Waals surface area (Å²) in [5.74, 6) is -0.826. The predicted octanol–water partition coefficient (Wildman–Crippen LogP) is -0.281. The Morgan fingerprint density at radius 2 is 2.06 bits per heavy atom. The largest absolute Gasteiger partial charge is 0.364 e. The van der Waals surface area contributed by atoms with Crippen LogP contribution in [0.1, 0.15) is 16.1 Å². The van der Waals surface area contributed by atoms with Crippen molar-refractivity contribution in [1.29, 1.82) is 0 Å². The Balaban J connectivity index is 2.30. The molecule has 0 saturated carbocycles. The van der Waals surface area contributed by atoms with Crippen molar-refractivity contribution in [3.8, 4) is 0 Å². The molecule has 2 aromatic rings. The third kappa shape index (κ3) is 1.85. The molecule has 1 amide bonds. The molecule has 0 aliphatic rings. The van der Waals surface area contributed by atoms with E-state index < -0.39 is 11.5 Å². The Labute approximate surface area is 90.7 Å². The first-order chi connectivity index (χ1) is 7.68. The van der Waals surface area contributed by atoms with Gasteiger partial charge in [-0.05, 0) is 5.56 Å². The topological polar surface area (TPSA) is 93.8 Å². The first-order valence-corrected chi connectivity index (χ1v) is 4.67. The highest BCUT2D eigenvalue weighted by Gasteiger charge is 2.12. The third-order valence-electron chi connectivity index (χ3n) is 2.15. The minimum Gasteiger partial charge on any atom is -0.364 e. The van der Waals surface area contributed by atoms with E-state index in [-0.39, 0.29) is 5.69 Å². The van der Waals surface area contributed by atoms with Gasteiger partial charge in [-0.15, -0.1) is 5.10 Å². The first kappa shape index (κ1) is 10.2. The highest BCUT2D eigenvalue weighted by Crippen LogP contribution is 1.99. The summed E-state index contributed by atoms with van der Waals surface area (Å²) in [6.07, 6.45) is 0. The van der Waals surface area contributed by atoms with Crippen LogP contribution in [-0.2, 0) is 6.54 Å². The maximum absolute atomic E-state index is 11.6. The lowest BCUT2D eigenvalue weighted by molar-refractivity contribution is 0.0994. The van der Waals surface area contributed by atoms with Crippen LogP contribution in [0.4, 0.5) is 0 Å². The highest BCUT2D eigenvalue weighted by atomic mass is 16.2. The average molecular weight is 218 g/mol. The molecular weight excluding hydrogens is 208 g/mol. The smallest absolute Gasteiger partial charge is 0.300 e.